The molecule has 0 amide bonds. The van der Waals surface area contributed by atoms with Gasteiger partial charge in [-0.05, 0) is 37.3 Å². The summed E-state index contributed by atoms with van der Waals surface area (Å²) in [5.41, 5.74) is 9.50. The number of nitrogens with zero attached hydrogens (tertiary/aromatic N) is 5. The normalized spacial score (nSPS) is 23.9. The third-order valence-corrected chi connectivity index (χ3v) is 7.49. The number of halogens is 1. The van der Waals surface area contributed by atoms with Gasteiger partial charge in [-0.2, -0.15) is 9.97 Å². The van der Waals surface area contributed by atoms with Gasteiger partial charge in [-0.1, -0.05) is 6.92 Å². The minimum atomic E-state index is -0.302. The fourth-order valence-corrected chi connectivity index (χ4v) is 5.68. The number of H-pyrrole nitrogens is 1. The van der Waals surface area contributed by atoms with E-state index in [0.717, 1.165) is 46.5 Å². The highest BCUT2D eigenvalue weighted by Crippen LogP contribution is 2.46. The summed E-state index contributed by atoms with van der Waals surface area (Å²) in [7, 11) is 1.78. The van der Waals surface area contributed by atoms with Gasteiger partial charge in [-0.25, -0.2) is 14.4 Å². The molecule has 1 saturated heterocycles. The van der Waals surface area contributed by atoms with Gasteiger partial charge in [0.05, 0.1) is 16.6 Å². The maximum Gasteiger partial charge on any atom is 0.226 e. The number of aromatic amines is 1. The lowest BCUT2D eigenvalue weighted by molar-refractivity contribution is 0.436. The van der Waals surface area contributed by atoms with Gasteiger partial charge in [0, 0.05) is 55.6 Å². The average molecular weight is 462 g/mol. The molecule has 9 nitrogen and oxygen atoms in total. The summed E-state index contributed by atoms with van der Waals surface area (Å²) in [6.45, 7) is 5.46. The molecule has 1 aromatic carbocycles. The Hall–Kier alpha value is -3.53. The largest absolute Gasteiger partial charge is 0.386 e. The molecule has 1 aliphatic heterocycles. The van der Waals surface area contributed by atoms with E-state index >= 15 is 0 Å². The van der Waals surface area contributed by atoms with Crippen LogP contribution in [-0.4, -0.2) is 50.6 Å². The van der Waals surface area contributed by atoms with Crippen LogP contribution in [0.1, 0.15) is 24.7 Å². The minimum absolute atomic E-state index is 0.212. The first-order valence-corrected chi connectivity index (χ1v) is 11.7. The number of anilines is 3. The highest BCUT2D eigenvalue weighted by Gasteiger charge is 2.49. The summed E-state index contributed by atoms with van der Waals surface area (Å²) >= 11 is 0. The molecule has 2 bridgehead atoms. The molecule has 10 heteroatoms. The van der Waals surface area contributed by atoms with Crippen LogP contribution in [0.15, 0.2) is 24.5 Å². The third-order valence-electron chi connectivity index (χ3n) is 7.49. The lowest BCUT2D eigenvalue weighted by Gasteiger charge is -2.31. The van der Waals surface area contributed by atoms with E-state index in [4.69, 9.17) is 15.7 Å². The predicted molar refractivity (Wildman–Crippen MR) is 131 cm³/mol. The van der Waals surface area contributed by atoms with E-state index in [-0.39, 0.29) is 11.9 Å². The summed E-state index contributed by atoms with van der Waals surface area (Å²) < 4.78 is 14.5. The van der Waals surface area contributed by atoms with Crippen molar-refractivity contribution in [2.45, 2.75) is 38.9 Å². The van der Waals surface area contributed by atoms with Crippen molar-refractivity contribution in [1.29, 1.82) is 0 Å². The smallest absolute Gasteiger partial charge is 0.226 e. The highest BCUT2D eigenvalue weighted by atomic mass is 19.1. The number of aromatic nitrogens is 5. The van der Waals surface area contributed by atoms with Crippen LogP contribution < -0.4 is 21.3 Å². The van der Waals surface area contributed by atoms with Crippen LogP contribution in [0.5, 0.6) is 0 Å². The Bertz CT molecular complexity index is 1380. The summed E-state index contributed by atoms with van der Waals surface area (Å²) in [6.07, 6.45) is 4.52. The van der Waals surface area contributed by atoms with Crippen molar-refractivity contribution in [3.05, 3.63) is 41.7 Å². The van der Waals surface area contributed by atoms with Crippen molar-refractivity contribution >= 4 is 39.4 Å². The van der Waals surface area contributed by atoms with E-state index in [1.807, 2.05) is 6.92 Å². The zero-order chi connectivity index (χ0) is 23.6. The topological polar surface area (TPSA) is 121 Å². The molecular formula is C24H28FN9. The second kappa shape index (κ2) is 7.76. The Kier molecular flexibility index (Phi) is 4.80. The second-order valence-corrected chi connectivity index (χ2v) is 9.48. The Balaban J connectivity index is 1.48. The second-order valence-electron chi connectivity index (χ2n) is 9.48. The lowest BCUT2D eigenvalue weighted by Crippen LogP contribution is -2.41. The Morgan fingerprint density at radius 3 is 2.71 bits per heavy atom. The number of fused-ring (bicyclic) bond motifs is 5. The van der Waals surface area contributed by atoms with Crippen molar-refractivity contribution < 1.29 is 4.39 Å². The Labute approximate surface area is 196 Å². The number of benzene rings is 1. The van der Waals surface area contributed by atoms with Crippen molar-refractivity contribution in [3.63, 3.8) is 0 Å². The number of nitrogens with two attached hydrogens (primary N) is 1. The fraction of sp³-hybridized carbons (Fsp3) is 0.417. The molecule has 0 spiro atoms. The molecule has 0 radical (unpaired) electrons. The van der Waals surface area contributed by atoms with Gasteiger partial charge in [0.15, 0.2) is 0 Å². The van der Waals surface area contributed by atoms with Gasteiger partial charge in [-0.15, -0.1) is 0 Å². The van der Waals surface area contributed by atoms with Crippen LogP contribution in [0.3, 0.4) is 0 Å². The standard InChI is InChI=1S/C24H28FN9/c1-11-16-10-34(19(11)6-17(16)26)23-20-15-4-14(25)5-18(27-3)21(15)31-22(20)32-24(33-23)30-9-13-7-28-12(2)29-8-13/h4-5,7-8,11,16-17,19,27H,6,9-10,26H2,1-3H3,(H2,30,31,32,33)/t11-,16+,17-,19+/m1/s1. The molecule has 1 aliphatic carbocycles. The van der Waals surface area contributed by atoms with Crippen LogP contribution in [0, 0.1) is 24.6 Å². The minimum Gasteiger partial charge on any atom is -0.386 e. The van der Waals surface area contributed by atoms with Crippen molar-refractivity contribution in [1.82, 2.24) is 24.9 Å². The van der Waals surface area contributed by atoms with Gasteiger partial charge in [-0.3, -0.25) is 0 Å². The van der Waals surface area contributed by atoms with E-state index in [9.17, 15) is 4.39 Å². The van der Waals surface area contributed by atoms with E-state index in [0.29, 0.717) is 41.7 Å². The van der Waals surface area contributed by atoms with Gasteiger partial charge in [0.2, 0.25) is 5.95 Å². The van der Waals surface area contributed by atoms with Gasteiger partial charge >= 0.3 is 0 Å². The zero-order valence-electron chi connectivity index (χ0n) is 19.4. The number of piperidine rings is 1. The molecule has 6 rings (SSSR count). The maximum atomic E-state index is 14.5. The molecule has 2 aliphatic rings. The maximum absolute atomic E-state index is 14.5. The first-order chi connectivity index (χ1) is 16.4. The number of hydrogen-bond acceptors (Lipinski definition) is 8. The molecular weight excluding hydrogens is 433 g/mol. The van der Waals surface area contributed by atoms with E-state index in [1.54, 1.807) is 25.5 Å². The Morgan fingerprint density at radius 2 is 2.03 bits per heavy atom. The van der Waals surface area contributed by atoms with Crippen molar-refractivity contribution in [3.8, 4) is 0 Å². The van der Waals surface area contributed by atoms with Crippen molar-refractivity contribution in [2.24, 2.45) is 17.6 Å². The monoisotopic (exact) mass is 461 g/mol. The molecule has 34 heavy (non-hydrogen) atoms. The SMILES string of the molecule is CNc1cc(F)cc2c1[nH]c1nc(NCc3cnc(C)nc3)nc(N3C[C@H]4[C@@H](C)[C@@H]3C[C@H]4N)c12. The number of rotatable bonds is 5. The molecule has 4 atom stereocenters. The lowest BCUT2D eigenvalue weighted by atomic mass is 9.98. The summed E-state index contributed by atoms with van der Waals surface area (Å²) in [4.78, 5) is 24.0. The number of nitrogens with one attached hydrogen (secondary N) is 3. The third kappa shape index (κ3) is 3.24. The predicted octanol–water partition coefficient (Wildman–Crippen LogP) is 3.17. The molecule has 5 N–H and O–H groups in total. The molecule has 0 unspecified atom stereocenters. The summed E-state index contributed by atoms with van der Waals surface area (Å²) in [6, 6.07) is 3.56. The van der Waals surface area contributed by atoms with Gasteiger partial charge in [0.1, 0.15) is 23.1 Å². The zero-order valence-corrected chi connectivity index (χ0v) is 19.4. The summed E-state index contributed by atoms with van der Waals surface area (Å²) in [5, 5.41) is 8.02. The molecule has 2 fully saturated rings. The fourth-order valence-electron chi connectivity index (χ4n) is 5.68. The highest BCUT2D eigenvalue weighted by molar-refractivity contribution is 6.14. The molecule has 4 aromatic rings. The van der Waals surface area contributed by atoms with Gasteiger partial charge in [0.25, 0.3) is 0 Å². The van der Waals surface area contributed by atoms with Crippen LogP contribution in [0.2, 0.25) is 0 Å². The van der Waals surface area contributed by atoms with Crippen LogP contribution in [0.25, 0.3) is 21.9 Å². The van der Waals surface area contributed by atoms with Crippen LogP contribution in [-0.2, 0) is 6.54 Å². The number of aryl methyl sites for hydroxylation is 1. The van der Waals surface area contributed by atoms with Crippen LogP contribution in [0.4, 0.5) is 21.8 Å². The van der Waals surface area contributed by atoms with Crippen LogP contribution >= 0.6 is 0 Å². The first-order valence-electron chi connectivity index (χ1n) is 11.7. The van der Waals surface area contributed by atoms with Gasteiger partial charge < -0.3 is 26.3 Å². The Morgan fingerprint density at radius 1 is 1.24 bits per heavy atom. The molecule has 4 heterocycles. The molecule has 1 saturated carbocycles. The van der Waals surface area contributed by atoms with E-state index in [1.165, 1.54) is 6.07 Å². The molecule has 3 aromatic heterocycles. The van der Waals surface area contributed by atoms with E-state index < -0.39 is 0 Å². The summed E-state index contributed by atoms with van der Waals surface area (Å²) in [5.74, 6) is 2.65. The number of hydrogen-bond donors (Lipinski definition) is 4. The molecule has 176 valence electrons. The first kappa shape index (κ1) is 21.0. The average Bonchev–Trinajstić information content (AvgIpc) is 3.44. The van der Waals surface area contributed by atoms with E-state index in [2.05, 4.69) is 37.4 Å². The van der Waals surface area contributed by atoms with Crippen molar-refractivity contribution in [2.75, 3.05) is 29.1 Å². The quantitative estimate of drug-likeness (QED) is 0.358.